The zero-order valence-corrected chi connectivity index (χ0v) is 14.0. The fraction of sp³-hybridized carbons (Fsp3) is 0.533. The highest BCUT2D eigenvalue weighted by molar-refractivity contribution is 7.88. The number of rotatable bonds is 8. The maximum absolute atomic E-state index is 13.7. The molecular formula is C15H23FN2O3S. The summed E-state index contributed by atoms with van der Waals surface area (Å²) in [7, 11) is -3.62. The Balaban J connectivity index is 2.79. The van der Waals surface area contributed by atoms with E-state index in [1.807, 2.05) is 13.8 Å². The molecule has 0 unspecified atom stereocenters. The Morgan fingerprint density at radius 2 is 2.00 bits per heavy atom. The second-order valence-corrected chi connectivity index (χ2v) is 7.36. The van der Waals surface area contributed by atoms with E-state index in [1.54, 1.807) is 6.07 Å². The van der Waals surface area contributed by atoms with Crippen LogP contribution in [0, 0.1) is 5.82 Å². The second kappa shape index (κ2) is 8.24. The molecule has 0 aliphatic heterocycles. The molecule has 0 saturated carbocycles. The van der Waals surface area contributed by atoms with Crippen LogP contribution in [0.5, 0.6) is 0 Å². The minimum Gasteiger partial charge on any atom is -0.353 e. The van der Waals surface area contributed by atoms with Crippen molar-refractivity contribution in [3.63, 3.8) is 0 Å². The van der Waals surface area contributed by atoms with Crippen molar-refractivity contribution < 1.29 is 17.6 Å². The molecule has 5 nitrogen and oxygen atoms in total. The summed E-state index contributed by atoms with van der Waals surface area (Å²) in [6, 6.07) is 5.90. The monoisotopic (exact) mass is 330 g/mol. The zero-order chi connectivity index (χ0) is 16.8. The first-order chi connectivity index (χ1) is 10.2. The number of benzene rings is 1. The molecular weight excluding hydrogens is 307 g/mol. The maximum atomic E-state index is 13.7. The SMILES string of the molecule is CCC[C@@H](C)NC(=O)CN(Cc1ccccc1F)S(C)(=O)=O. The average Bonchev–Trinajstić information content (AvgIpc) is 2.39. The van der Waals surface area contributed by atoms with Crippen LogP contribution in [0.2, 0.25) is 0 Å². The van der Waals surface area contributed by atoms with Crippen LogP contribution in [0.15, 0.2) is 24.3 Å². The first-order valence-electron chi connectivity index (χ1n) is 7.22. The van der Waals surface area contributed by atoms with Crippen LogP contribution in [0.4, 0.5) is 4.39 Å². The number of nitrogens with zero attached hydrogens (tertiary/aromatic N) is 1. The molecule has 1 atom stereocenters. The third-order valence-electron chi connectivity index (χ3n) is 3.22. The molecule has 0 saturated heterocycles. The predicted octanol–water partition coefficient (Wildman–Crippen LogP) is 1.89. The van der Waals surface area contributed by atoms with Crippen LogP contribution < -0.4 is 5.32 Å². The van der Waals surface area contributed by atoms with E-state index < -0.39 is 15.8 Å². The van der Waals surface area contributed by atoms with Crippen molar-refractivity contribution in [2.75, 3.05) is 12.8 Å². The highest BCUT2D eigenvalue weighted by Crippen LogP contribution is 2.12. The van der Waals surface area contributed by atoms with Crippen molar-refractivity contribution >= 4 is 15.9 Å². The van der Waals surface area contributed by atoms with Crippen molar-refractivity contribution in [3.8, 4) is 0 Å². The molecule has 1 rings (SSSR count). The molecule has 0 aromatic heterocycles. The largest absolute Gasteiger partial charge is 0.353 e. The lowest BCUT2D eigenvalue weighted by Gasteiger charge is -2.21. The second-order valence-electron chi connectivity index (χ2n) is 5.38. The number of amides is 1. The summed E-state index contributed by atoms with van der Waals surface area (Å²) in [6.45, 7) is 3.38. The predicted molar refractivity (Wildman–Crippen MR) is 84.2 cm³/mol. The molecule has 0 bridgehead atoms. The first-order valence-corrected chi connectivity index (χ1v) is 9.06. The number of hydrogen-bond acceptors (Lipinski definition) is 3. The highest BCUT2D eigenvalue weighted by Gasteiger charge is 2.22. The van der Waals surface area contributed by atoms with Crippen LogP contribution in [-0.2, 0) is 21.4 Å². The smallest absolute Gasteiger partial charge is 0.235 e. The minimum atomic E-state index is -3.62. The van der Waals surface area contributed by atoms with Crippen molar-refractivity contribution in [1.82, 2.24) is 9.62 Å². The van der Waals surface area contributed by atoms with Gasteiger partial charge in [0.15, 0.2) is 0 Å². The van der Waals surface area contributed by atoms with Crippen LogP contribution in [0.1, 0.15) is 32.3 Å². The molecule has 1 amide bonds. The van der Waals surface area contributed by atoms with Gasteiger partial charge in [-0.05, 0) is 19.4 Å². The Hall–Kier alpha value is -1.47. The maximum Gasteiger partial charge on any atom is 0.235 e. The molecule has 0 aliphatic rings. The summed E-state index contributed by atoms with van der Waals surface area (Å²) in [5.41, 5.74) is 0.238. The lowest BCUT2D eigenvalue weighted by Crippen LogP contribution is -2.42. The fourth-order valence-electron chi connectivity index (χ4n) is 2.09. The molecule has 124 valence electrons. The molecule has 7 heteroatoms. The van der Waals surface area contributed by atoms with Crippen LogP contribution >= 0.6 is 0 Å². The minimum absolute atomic E-state index is 0.0210. The molecule has 22 heavy (non-hydrogen) atoms. The number of carbonyl (C=O) groups excluding carboxylic acids is 1. The van der Waals surface area contributed by atoms with E-state index in [0.29, 0.717) is 0 Å². The molecule has 1 aromatic carbocycles. The van der Waals surface area contributed by atoms with Gasteiger partial charge in [-0.2, -0.15) is 4.31 Å². The van der Waals surface area contributed by atoms with E-state index in [1.165, 1.54) is 18.2 Å². The van der Waals surface area contributed by atoms with Gasteiger partial charge in [0, 0.05) is 18.2 Å². The van der Waals surface area contributed by atoms with Gasteiger partial charge in [0.2, 0.25) is 15.9 Å². The molecule has 0 spiro atoms. The summed E-state index contributed by atoms with van der Waals surface area (Å²) in [5.74, 6) is -0.876. The zero-order valence-electron chi connectivity index (χ0n) is 13.2. The van der Waals surface area contributed by atoms with Crippen LogP contribution in [0.3, 0.4) is 0 Å². The van der Waals surface area contributed by atoms with Gasteiger partial charge in [-0.25, -0.2) is 12.8 Å². The van der Waals surface area contributed by atoms with E-state index in [4.69, 9.17) is 0 Å². The van der Waals surface area contributed by atoms with E-state index in [9.17, 15) is 17.6 Å². The number of hydrogen-bond donors (Lipinski definition) is 1. The molecule has 0 heterocycles. The van der Waals surface area contributed by atoms with Gasteiger partial charge in [0.1, 0.15) is 5.82 Å². The van der Waals surface area contributed by atoms with Gasteiger partial charge in [-0.1, -0.05) is 31.5 Å². The fourth-order valence-corrected chi connectivity index (χ4v) is 2.82. The van der Waals surface area contributed by atoms with Crippen molar-refractivity contribution in [2.45, 2.75) is 39.3 Å². The molecule has 0 radical (unpaired) electrons. The number of carbonyl (C=O) groups is 1. The normalized spacial score (nSPS) is 13.1. The van der Waals surface area contributed by atoms with Crippen LogP contribution in [-0.4, -0.2) is 37.5 Å². The summed E-state index contributed by atoms with van der Waals surface area (Å²) >= 11 is 0. The third kappa shape index (κ3) is 6.11. The summed E-state index contributed by atoms with van der Waals surface area (Å²) < 4.78 is 38.3. The topological polar surface area (TPSA) is 66.5 Å². The van der Waals surface area contributed by atoms with Crippen molar-refractivity contribution in [3.05, 3.63) is 35.6 Å². The Bertz CT molecular complexity index is 605. The van der Waals surface area contributed by atoms with E-state index in [-0.39, 0.29) is 30.6 Å². The molecule has 1 N–H and O–H groups in total. The van der Waals surface area contributed by atoms with Gasteiger partial charge in [-0.15, -0.1) is 0 Å². The molecule has 0 aliphatic carbocycles. The van der Waals surface area contributed by atoms with Gasteiger partial charge in [-0.3, -0.25) is 4.79 Å². The quantitative estimate of drug-likeness (QED) is 0.791. The average molecular weight is 330 g/mol. The molecule has 0 fully saturated rings. The van der Waals surface area contributed by atoms with Gasteiger partial charge in [0.25, 0.3) is 0 Å². The Morgan fingerprint density at radius 3 is 2.55 bits per heavy atom. The van der Waals surface area contributed by atoms with E-state index >= 15 is 0 Å². The van der Waals surface area contributed by atoms with Gasteiger partial charge >= 0.3 is 0 Å². The third-order valence-corrected chi connectivity index (χ3v) is 4.42. The Morgan fingerprint density at radius 1 is 1.36 bits per heavy atom. The molecule has 1 aromatic rings. The van der Waals surface area contributed by atoms with Gasteiger partial charge in [0.05, 0.1) is 12.8 Å². The summed E-state index contributed by atoms with van der Waals surface area (Å²) in [6.07, 6.45) is 2.75. The standard InChI is InChI=1S/C15H23FN2O3S/c1-4-7-12(2)17-15(19)11-18(22(3,20)21)10-13-8-5-6-9-14(13)16/h5-6,8-9,12H,4,7,10-11H2,1-3H3,(H,17,19)/t12-/m1/s1. The van der Waals surface area contributed by atoms with Crippen LogP contribution in [0.25, 0.3) is 0 Å². The lowest BCUT2D eigenvalue weighted by molar-refractivity contribution is -0.122. The van der Waals surface area contributed by atoms with Crippen molar-refractivity contribution in [2.24, 2.45) is 0 Å². The summed E-state index contributed by atoms with van der Waals surface area (Å²) in [4.78, 5) is 11.9. The van der Waals surface area contributed by atoms with Crippen molar-refractivity contribution in [1.29, 1.82) is 0 Å². The lowest BCUT2D eigenvalue weighted by atomic mass is 10.2. The van der Waals surface area contributed by atoms with E-state index in [2.05, 4.69) is 5.32 Å². The number of nitrogens with one attached hydrogen (secondary N) is 1. The number of sulfonamides is 1. The number of halogens is 1. The Kier molecular flexibility index (Phi) is 6.96. The van der Waals surface area contributed by atoms with Gasteiger partial charge < -0.3 is 5.32 Å². The Labute approximate surface area is 131 Å². The highest BCUT2D eigenvalue weighted by atomic mass is 32.2. The summed E-state index contributed by atoms with van der Waals surface area (Å²) in [5, 5.41) is 2.74. The van der Waals surface area contributed by atoms with E-state index in [0.717, 1.165) is 23.4 Å². The first kappa shape index (κ1) is 18.6.